The number of fused-ring (bicyclic) bond motifs is 1. The summed E-state index contributed by atoms with van der Waals surface area (Å²) < 4.78 is 11.6. The minimum Gasteiger partial charge on any atom is -0.493 e. The molecule has 0 saturated carbocycles. The van der Waals surface area contributed by atoms with Gasteiger partial charge in [0.05, 0.1) is 20.3 Å². The predicted molar refractivity (Wildman–Crippen MR) is 141 cm³/mol. The zero-order chi connectivity index (χ0) is 24.4. The highest BCUT2D eigenvalue weighted by Crippen LogP contribution is 2.37. The van der Waals surface area contributed by atoms with Gasteiger partial charge < -0.3 is 19.7 Å². The molecule has 1 unspecified atom stereocenters. The molecule has 2 aliphatic rings. The standard InChI is InChI=1S/C30H32N2O3/c1-4-21-13-20(2)14-25(15-21)23-5-6-24-19-32(30(33)27(24)16-23)26-7-8-28(29(17-26)34-3)35-12-10-22-9-11-31-18-22/h4-8,13-17,22,31H,1,9-12,18-19H2,2-3H3. The number of ether oxygens (including phenoxy) is 2. The SMILES string of the molecule is C=Cc1cc(C)cc(-c2ccc3c(c2)C(=O)N(c2ccc(OCCC4CCNC4)c(OC)c2)C3)c1. The third kappa shape index (κ3) is 4.82. The largest absolute Gasteiger partial charge is 0.493 e. The van der Waals surface area contributed by atoms with E-state index in [4.69, 9.17) is 9.47 Å². The summed E-state index contributed by atoms with van der Waals surface area (Å²) in [6.07, 6.45) is 4.08. The molecule has 1 atom stereocenters. The molecule has 3 aromatic rings. The van der Waals surface area contributed by atoms with Crippen molar-refractivity contribution >= 4 is 17.7 Å². The van der Waals surface area contributed by atoms with E-state index in [1.165, 1.54) is 12.0 Å². The summed E-state index contributed by atoms with van der Waals surface area (Å²) in [5.41, 5.74) is 6.94. The molecular weight excluding hydrogens is 436 g/mol. The molecule has 2 heterocycles. The van der Waals surface area contributed by atoms with Crippen LogP contribution in [0.1, 0.15) is 39.9 Å². The Morgan fingerprint density at radius 1 is 1.09 bits per heavy atom. The molecule has 1 saturated heterocycles. The van der Waals surface area contributed by atoms with Gasteiger partial charge in [0.15, 0.2) is 11.5 Å². The average molecular weight is 469 g/mol. The Hall–Kier alpha value is -3.57. The van der Waals surface area contributed by atoms with Gasteiger partial charge in [-0.25, -0.2) is 0 Å². The minimum atomic E-state index is 0.00269. The fourth-order valence-electron chi connectivity index (χ4n) is 5.03. The van der Waals surface area contributed by atoms with Crippen LogP contribution in [-0.2, 0) is 6.54 Å². The van der Waals surface area contributed by atoms with Gasteiger partial charge in [-0.05, 0) is 90.9 Å². The van der Waals surface area contributed by atoms with Crippen molar-refractivity contribution in [3.05, 3.63) is 83.4 Å². The zero-order valence-corrected chi connectivity index (χ0v) is 20.5. The summed E-state index contributed by atoms with van der Waals surface area (Å²) in [5, 5.41) is 3.39. The number of rotatable bonds is 8. The van der Waals surface area contributed by atoms with Crippen molar-refractivity contribution in [2.75, 3.05) is 31.7 Å². The first-order valence-corrected chi connectivity index (χ1v) is 12.3. The lowest BCUT2D eigenvalue weighted by Crippen LogP contribution is -2.23. The number of amides is 1. The summed E-state index contributed by atoms with van der Waals surface area (Å²) in [7, 11) is 1.64. The van der Waals surface area contributed by atoms with E-state index in [1.54, 1.807) is 12.0 Å². The van der Waals surface area contributed by atoms with Gasteiger partial charge in [0.1, 0.15) is 0 Å². The number of carbonyl (C=O) groups is 1. The number of benzene rings is 3. The van der Waals surface area contributed by atoms with Crippen LogP contribution in [0.25, 0.3) is 17.2 Å². The number of hydrogen-bond donors (Lipinski definition) is 1. The topological polar surface area (TPSA) is 50.8 Å². The van der Waals surface area contributed by atoms with Crippen LogP contribution in [0, 0.1) is 12.8 Å². The molecule has 0 bridgehead atoms. The monoisotopic (exact) mass is 468 g/mol. The van der Waals surface area contributed by atoms with E-state index >= 15 is 0 Å². The molecule has 5 rings (SSSR count). The third-order valence-corrected chi connectivity index (χ3v) is 6.99. The quantitative estimate of drug-likeness (QED) is 0.450. The fourth-order valence-corrected chi connectivity index (χ4v) is 5.03. The van der Waals surface area contributed by atoms with Crippen molar-refractivity contribution < 1.29 is 14.3 Å². The molecular formula is C30H32N2O3. The molecule has 180 valence electrons. The lowest BCUT2D eigenvalue weighted by Gasteiger charge is -2.19. The highest BCUT2D eigenvalue weighted by atomic mass is 16.5. The van der Waals surface area contributed by atoms with Gasteiger partial charge in [-0.15, -0.1) is 0 Å². The van der Waals surface area contributed by atoms with Gasteiger partial charge in [-0.1, -0.05) is 36.9 Å². The molecule has 0 aromatic heterocycles. The van der Waals surface area contributed by atoms with E-state index in [-0.39, 0.29) is 5.91 Å². The van der Waals surface area contributed by atoms with Gasteiger partial charge >= 0.3 is 0 Å². The van der Waals surface area contributed by atoms with Crippen molar-refractivity contribution in [2.45, 2.75) is 26.3 Å². The lowest BCUT2D eigenvalue weighted by molar-refractivity contribution is 0.0996. The summed E-state index contributed by atoms with van der Waals surface area (Å²) in [6, 6.07) is 18.2. The molecule has 1 fully saturated rings. The van der Waals surface area contributed by atoms with Gasteiger partial charge in [-0.3, -0.25) is 4.79 Å². The minimum absolute atomic E-state index is 0.00269. The van der Waals surface area contributed by atoms with Crippen LogP contribution in [0.3, 0.4) is 0 Å². The first-order chi connectivity index (χ1) is 17.1. The average Bonchev–Trinajstić information content (AvgIpc) is 3.51. The van der Waals surface area contributed by atoms with Crippen LogP contribution in [-0.4, -0.2) is 32.7 Å². The number of hydrogen-bond acceptors (Lipinski definition) is 4. The Bertz CT molecular complexity index is 1260. The highest BCUT2D eigenvalue weighted by molar-refractivity contribution is 6.10. The van der Waals surface area contributed by atoms with Gasteiger partial charge in [0.2, 0.25) is 0 Å². The lowest BCUT2D eigenvalue weighted by atomic mass is 9.97. The maximum Gasteiger partial charge on any atom is 0.258 e. The highest BCUT2D eigenvalue weighted by Gasteiger charge is 2.29. The second kappa shape index (κ2) is 9.96. The van der Waals surface area contributed by atoms with Crippen LogP contribution in [0.2, 0.25) is 0 Å². The molecule has 3 aromatic carbocycles. The molecule has 0 aliphatic carbocycles. The van der Waals surface area contributed by atoms with E-state index in [0.29, 0.717) is 30.6 Å². The maximum atomic E-state index is 13.4. The molecule has 0 spiro atoms. The van der Waals surface area contributed by atoms with E-state index < -0.39 is 0 Å². The number of carbonyl (C=O) groups excluding carboxylic acids is 1. The molecule has 35 heavy (non-hydrogen) atoms. The smallest absolute Gasteiger partial charge is 0.258 e. The second-order valence-electron chi connectivity index (χ2n) is 9.43. The first-order valence-electron chi connectivity index (χ1n) is 12.3. The Kier molecular flexibility index (Phi) is 6.60. The molecule has 2 aliphatic heterocycles. The number of methoxy groups -OCH3 is 1. The van der Waals surface area contributed by atoms with Crippen LogP contribution in [0.4, 0.5) is 5.69 Å². The molecule has 5 heteroatoms. The summed E-state index contributed by atoms with van der Waals surface area (Å²) in [5.74, 6) is 2.04. The fraction of sp³-hybridized carbons (Fsp3) is 0.300. The van der Waals surface area contributed by atoms with Gasteiger partial charge in [0.25, 0.3) is 5.91 Å². The van der Waals surface area contributed by atoms with E-state index in [2.05, 4.69) is 49.2 Å². The normalized spacial score (nSPS) is 16.9. The van der Waals surface area contributed by atoms with Crippen molar-refractivity contribution in [1.29, 1.82) is 0 Å². The number of aryl methyl sites for hydroxylation is 1. The van der Waals surface area contributed by atoms with Crippen LogP contribution >= 0.6 is 0 Å². The Labute approximate surface area is 207 Å². The summed E-state index contributed by atoms with van der Waals surface area (Å²) in [4.78, 5) is 15.2. The Morgan fingerprint density at radius 2 is 1.97 bits per heavy atom. The summed E-state index contributed by atoms with van der Waals surface area (Å²) in [6.45, 7) is 9.33. The van der Waals surface area contributed by atoms with Crippen molar-refractivity contribution in [3.63, 3.8) is 0 Å². The number of nitrogens with zero attached hydrogens (tertiary/aromatic N) is 1. The molecule has 5 nitrogen and oxygen atoms in total. The van der Waals surface area contributed by atoms with Crippen molar-refractivity contribution in [3.8, 4) is 22.6 Å². The number of anilines is 1. The van der Waals surface area contributed by atoms with E-state index in [0.717, 1.165) is 53.0 Å². The Balaban J connectivity index is 1.34. The van der Waals surface area contributed by atoms with Gasteiger partial charge in [-0.2, -0.15) is 0 Å². The van der Waals surface area contributed by atoms with E-state index in [9.17, 15) is 4.79 Å². The maximum absolute atomic E-state index is 13.4. The molecule has 1 amide bonds. The molecule has 0 radical (unpaired) electrons. The first kappa shape index (κ1) is 23.2. The van der Waals surface area contributed by atoms with Crippen LogP contribution in [0.5, 0.6) is 11.5 Å². The van der Waals surface area contributed by atoms with Gasteiger partial charge in [0, 0.05) is 17.3 Å². The predicted octanol–water partition coefficient (Wildman–Crippen LogP) is 5.85. The van der Waals surface area contributed by atoms with Crippen LogP contribution < -0.4 is 19.7 Å². The number of nitrogens with one attached hydrogen (secondary N) is 1. The van der Waals surface area contributed by atoms with Crippen LogP contribution in [0.15, 0.2) is 61.2 Å². The second-order valence-corrected chi connectivity index (χ2v) is 9.43. The third-order valence-electron chi connectivity index (χ3n) is 6.99. The summed E-state index contributed by atoms with van der Waals surface area (Å²) >= 11 is 0. The van der Waals surface area contributed by atoms with Crippen molar-refractivity contribution in [1.82, 2.24) is 5.32 Å². The van der Waals surface area contributed by atoms with E-state index in [1.807, 2.05) is 30.3 Å². The zero-order valence-electron chi connectivity index (χ0n) is 20.5. The Morgan fingerprint density at radius 3 is 2.74 bits per heavy atom. The molecule has 1 N–H and O–H groups in total. The van der Waals surface area contributed by atoms with Crippen molar-refractivity contribution in [2.24, 2.45) is 5.92 Å².